The molecule has 0 amide bonds. The molecule has 0 atom stereocenters. The second-order valence-corrected chi connectivity index (χ2v) is 5.21. The van der Waals surface area contributed by atoms with Gasteiger partial charge in [-0.05, 0) is 12.1 Å². The van der Waals surface area contributed by atoms with E-state index in [4.69, 9.17) is 14.9 Å². The van der Waals surface area contributed by atoms with Crippen LogP contribution in [0.2, 0.25) is 0 Å². The molecule has 2 aromatic rings. The predicted molar refractivity (Wildman–Crippen MR) is 71.6 cm³/mol. The zero-order valence-electron chi connectivity index (χ0n) is 11.2. The van der Waals surface area contributed by atoms with Crippen molar-refractivity contribution in [3.63, 3.8) is 0 Å². The van der Waals surface area contributed by atoms with Crippen molar-refractivity contribution in [3.8, 4) is 17.2 Å². The first-order valence-corrected chi connectivity index (χ1v) is 5.82. The van der Waals surface area contributed by atoms with Crippen LogP contribution in [0.3, 0.4) is 0 Å². The van der Waals surface area contributed by atoms with E-state index in [1.807, 2.05) is 12.1 Å². The summed E-state index contributed by atoms with van der Waals surface area (Å²) in [7, 11) is 1.59. The Kier molecular flexibility index (Phi) is 3.03. The Morgan fingerprint density at radius 1 is 1.28 bits per heavy atom. The zero-order chi connectivity index (χ0) is 13.3. The van der Waals surface area contributed by atoms with Crippen molar-refractivity contribution in [2.45, 2.75) is 26.2 Å². The number of ether oxygens (including phenoxy) is 1. The quantitative estimate of drug-likeness (QED) is 0.826. The van der Waals surface area contributed by atoms with Gasteiger partial charge in [-0.15, -0.1) is 0 Å². The highest BCUT2D eigenvalue weighted by atomic mass is 16.5. The highest BCUT2D eigenvalue weighted by molar-refractivity contribution is 5.72. The molecule has 0 saturated heterocycles. The van der Waals surface area contributed by atoms with Crippen molar-refractivity contribution in [2.75, 3.05) is 12.8 Å². The van der Waals surface area contributed by atoms with Gasteiger partial charge in [-0.25, -0.2) is 4.98 Å². The number of nitrogens with two attached hydrogens (primary N) is 1. The van der Waals surface area contributed by atoms with Crippen molar-refractivity contribution in [1.82, 2.24) is 4.98 Å². The molecule has 0 fully saturated rings. The van der Waals surface area contributed by atoms with Gasteiger partial charge in [0, 0.05) is 5.41 Å². The number of anilines is 1. The van der Waals surface area contributed by atoms with Gasteiger partial charge in [-0.1, -0.05) is 26.8 Å². The average molecular weight is 246 g/mol. The molecule has 4 nitrogen and oxygen atoms in total. The molecule has 0 spiro atoms. The second kappa shape index (κ2) is 4.37. The number of para-hydroxylation sites is 1. The van der Waals surface area contributed by atoms with Crippen LogP contribution in [0, 0.1) is 0 Å². The third kappa shape index (κ3) is 2.18. The van der Waals surface area contributed by atoms with E-state index in [1.54, 1.807) is 19.4 Å². The molecule has 1 aromatic carbocycles. The van der Waals surface area contributed by atoms with Crippen LogP contribution in [0.1, 0.15) is 26.5 Å². The molecule has 1 heterocycles. The van der Waals surface area contributed by atoms with E-state index in [0.717, 1.165) is 11.3 Å². The molecular formula is C14H18N2O2. The molecule has 0 unspecified atom stereocenters. The number of hydrogen-bond acceptors (Lipinski definition) is 4. The molecule has 0 saturated carbocycles. The first-order chi connectivity index (χ1) is 8.43. The van der Waals surface area contributed by atoms with E-state index in [-0.39, 0.29) is 5.41 Å². The van der Waals surface area contributed by atoms with Crippen LogP contribution in [0.5, 0.6) is 5.75 Å². The van der Waals surface area contributed by atoms with Gasteiger partial charge in [0.1, 0.15) is 5.76 Å². The van der Waals surface area contributed by atoms with E-state index < -0.39 is 0 Å². The summed E-state index contributed by atoms with van der Waals surface area (Å²) in [5, 5.41) is 0. The maximum atomic E-state index is 5.87. The van der Waals surface area contributed by atoms with Crippen LogP contribution in [0.25, 0.3) is 11.5 Å². The number of hydrogen-bond donors (Lipinski definition) is 1. The van der Waals surface area contributed by atoms with Crippen LogP contribution in [-0.2, 0) is 5.41 Å². The van der Waals surface area contributed by atoms with Gasteiger partial charge >= 0.3 is 0 Å². The maximum Gasteiger partial charge on any atom is 0.230 e. The minimum atomic E-state index is -0.0706. The summed E-state index contributed by atoms with van der Waals surface area (Å²) in [6.07, 6.45) is 1.75. The smallest absolute Gasteiger partial charge is 0.230 e. The van der Waals surface area contributed by atoms with Gasteiger partial charge in [0.05, 0.1) is 24.6 Å². The lowest BCUT2D eigenvalue weighted by Crippen LogP contribution is -2.09. The van der Waals surface area contributed by atoms with E-state index in [2.05, 4.69) is 25.8 Å². The second-order valence-electron chi connectivity index (χ2n) is 5.21. The Labute approximate surface area is 107 Å². The van der Waals surface area contributed by atoms with Crippen LogP contribution >= 0.6 is 0 Å². The van der Waals surface area contributed by atoms with Gasteiger partial charge in [0.25, 0.3) is 0 Å². The van der Waals surface area contributed by atoms with E-state index in [9.17, 15) is 0 Å². The van der Waals surface area contributed by atoms with Crippen molar-refractivity contribution in [1.29, 1.82) is 0 Å². The summed E-state index contributed by atoms with van der Waals surface area (Å²) in [4.78, 5) is 4.30. The summed E-state index contributed by atoms with van der Waals surface area (Å²) in [6, 6.07) is 5.53. The Morgan fingerprint density at radius 3 is 2.56 bits per heavy atom. The maximum absolute atomic E-state index is 5.87. The van der Waals surface area contributed by atoms with Crippen molar-refractivity contribution >= 4 is 5.69 Å². The Balaban J connectivity index is 2.50. The molecule has 4 heteroatoms. The standard InChI is InChI=1S/C14H18N2O2/c1-14(2,3)11-8-16-13(18-11)9-6-5-7-10(15)12(9)17-4/h5-8H,15H2,1-4H3. The van der Waals surface area contributed by atoms with Crippen molar-refractivity contribution in [2.24, 2.45) is 0 Å². The molecule has 0 aliphatic rings. The lowest BCUT2D eigenvalue weighted by atomic mass is 9.94. The highest BCUT2D eigenvalue weighted by Gasteiger charge is 2.21. The molecule has 1 aromatic heterocycles. The molecule has 18 heavy (non-hydrogen) atoms. The molecule has 2 rings (SSSR count). The van der Waals surface area contributed by atoms with Crippen molar-refractivity contribution < 1.29 is 9.15 Å². The molecule has 96 valence electrons. The van der Waals surface area contributed by atoms with Crippen LogP contribution < -0.4 is 10.5 Å². The molecule has 2 N–H and O–H groups in total. The molecule has 0 radical (unpaired) electrons. The molecule has 0 aliphatic carbocycles. The third-order valence-electron chi connectivity index (χ3n) is 2.72. The summed E-state index contributed by atoms with van der Waals surface area (Å²) in [5.74, 6) is 1.96. The number of aromatic nitrogens is 1. The predicted octanol–water partition coefficient (Wildman–Crippen LogP) is 3.23. The van der Waals surface area contributed by atoms with Gasteiger partial charge < -0.3 is 14.9 Å². The molecular weight excluding hydrogens is 228 g/mol. The lowest BCUT2D eigenvalue weighted by molar-refractivity contribution is 0.404. The Morgan fingerprint density at radius 2 is 2.00 bits per heavy atom. The average Bonchev–Trinajstić information content (AvgIpc) is 2.77. The fraction of sp³-hybridized carbons (Fsp3) is 0.357. The first-order valence-electron chi connectivity index (χ1n) is 5.82. The van der Waals surface area contributed by atoms with Crippen LogP contribution in [0.4, 0.5) is 5.69 Å². The van der Waals surface area contributed by atoms with E-state index in [1.165, 1.54) is 0 Å². The third-order valence-corrected chi connectivity index (χ3v) is 2.72. The van der Waals surface area contributed by atoms with E-state index in [0.29, 0.717) is 17.3 Å². The summed E-state index contributed by atoms with van der Waals surface area (Å²) < 4.78 is 11.1. The molecule has 0 bridgehead atoms. The van der Waals surface area contributed by atoms with Gasteiger partial charge in [0.2, 0.25) is 5.89 Å². The van der Waals surface area contributed by atoms with Gasteiger partial charge in [0.15, 0.2) is 5.75 Å². The summed E-state index contributed by atoms with van der Waals surface area (Å²) >= 11 is 0. The largest absolute Gasteiger partial charge is 0.494 e. The first kappa shape index (κ1) is 12.5. The topological polar surface area (TPSA) is 61.3 Å². The normalized spacial score (nSPS) is 11.6. The SMILES string of the molecule is COc1c(N)cccc1-c1ncc(C(C)(C)C)o1. The highest BCUT2D eigenvalue weighted by Crippen LogP contribution is 2.35. The summed E-state index contributed by atoms with van der Waals surface area (Å²) in [6.45, 7) is 6.23. The number of oxazole rings is 1. The molecule has 0 aliphatic heterocycles. The lowest BCUT2D eigenvalue weighted by Gasteiger charge is -2.13. The number of benzene rings is 1. The van der Waals surface area contributed by atoms with Crippen LogP contribution in [0.15, 0.2) is 28.8 Å². The van der Waals surface area contributed by atoms with Gasteiger partial charge in [-0.3, -0.25) is 0 Å². The fourth-order valence-corrected chi connectivity index (χ4v) is 1.70. The Bertz CT molecular complexity index is 553. The van der Waals surface area contributed by atoms with Crippen molar-refractivity contribution in [3.05, 3.63) is 30.2 Å². The van der Waals surface area contributed by atoms with E-state index >= 15 is 0 Å². The monoisotopic (exact) mass is 246 g/mol. The van der Waals surface area contributed by atoms with Gasteiger partial charge in [-0.2, -0.15) is 0 Å². The number of rotatable bonds is 2. The Hall–Kier alpha value is -1.97. The minimum Gasteiger partial charge on any atom is -0.494 e. The summed E-state index contributed by atoms with van der Waals surface area (Å²) in [5.41, 5.74) is 7.14. The fourth-order valence-electron chi connectivity index (χ4n) is 1.70. The number of nitrogen functional groups attached to an aromatic ring is 1. The zero-order valence-corrected chi connectivity index (χ0v) is 11.2. The minimum absolute atomic E-state index is 0.0706. The van der Waals surface area contributed by atoms with Crippen LogP contribution in [-0.4, -0.2) is 12.1 Å². The number of nitrogens with zero attached hydrogens (tertiary/aromatic N) is 1. The number of methoxy groups -OCH3 is 1.